The summed E-state index contributed by atoms with van der Waals surface area (Å²) in [6.45, 7) is 0. The highest BCUT2D eigenvalue weighted by atomic mass is 19.3. The van der Waals surface area contributed by atoms with Crippen molar-refractivity contribution in [1.29, 1.82) is 5.41 Å². The second-order valence-corrected chi connectivity index (χ2v) is 3.09. The molecule has 1 aliphatic rings. The molecule has 0 saturated heterocycles. The van der Waals surface area contributed by atoms with Gasteiger partial charge in [0, 0.05) is 18.8 Å². The van der Waals surface area contributed by atoms with E-state index < -0.39 is 5.92 Å². The van der Waals surface area contributed by atoms with Gasteiger partial charge in [0.1, 0.15) is 0 Å². The molecular weight excluding hydrogens is 150 g/mol. The molecule has 0 aromatic carbocycles. The van der Waals surface area contributed by atoms with E-state index in [2.05, 4.69) is 0 Å². The van der Waals surface area contributed by atoms with Gasteiger partial charge in [0.15, 0.2) is 0 Å². The van der Waals surface area contributed by atoms with Crippen LogP contribution in [0.5, 0.6) is 0 Å². The highest BCUT2D eigenvalue weighted by Gasteiger charge is 2.35. The highest BCUT2D eigenvalue weighted by molar-refractivity contribution is 5.79. The van der Waals surface area contributed by atoms with Gasteiger partial charge in [-0.05, 0) is 12.8 Å². The van der Waals surface area contributed by atoms with E-state index in [1.807, 2.05) is 0 Å². The van der Waals surface area contributed by atoms with Gasteiger partial charge < -0.3 is 5.73 Å². The molecule has 0 aromatic heterocycles. The molecular formula is C7H12F2N2. The van der Waals surface area contributed by atoms with Crippen LogP contribution in [0.1, 0.15) is 25.7 Å². The summed E-state index contributed by atoms with van der Waals surface area (Å²) in [6, 6.07) is 0. The van der Waals surface area contributed by atoms with Crippen molar-refractivity contribution in [2.45, 2.75) is 31.6 Å². The summed E-state index contributed by atoms with van der Waals surface area (Å²) in [5, 5.41) is 7.05. The van der Waals surface area contributed by atoms with Crippen LogP contribution in [0.25, 0.3) is 0 Å². The summed E-state index contributed by atoms with van der Waals surface area (Å²) >= 11 is 0. The van der Waals surface area contributed by atoms with Crippen LogP contribution in [0.15, 0.2) is 0 Å². The monoisotopic (exact) mass is 162 g/mol. The Balaban J connectivity index is 2.42. The van der Waals surface area contributed by atoms with Crippen LogP contribution in [0.3, 0.4) is 0 Å². The van der Waals surface area contributed by atoms with E-state index in [0.717, 1.165) is 0 Å². The number of amidine groups is 1. The SMILES string of the molecule is N=C(N)C1CCC(F)(F)CC1. The highest BCUT2D eigenvalue weighted by Crippen LogP contribution is 2.35. The zero-order chi connectivity index (χ0) is 8.48. The van der Waals surface area contributed by atoms with Crippen LogP contribution in [0.4, 0.5) is 8.78 Å². The number of alkyl halides is 2. The van der Waals surface area contributed by atoms with E-state index in [9.17, 15) is 8.78 Å². The smallest absolute Gasteiger partial charge is 0.248 e. The van der Waals surface area contributed by atoms with Gasteiger partial charge in [-0.3, -0.25) is 5.41 Å². The van der Waals surface area contributed by atoms with Crippen molar-refractivity contribution in [2.24, 2.45) is 11.7 Å². The van der Waals surface area contributed by atoms with E-state index in [-0.39, 0.29) is 24.6 Å². The van der Waals surface area contributed by atoms with Crippen molar-refractivity contribution in [3.63, 3.8) is 0 Å². The van der Waals surface area contributed by atoms with Gasteiger partial charge in [-0.15, -0.1) is 0 Å². The molecule has 0 bridgehead atoms. The summed E-state index contributed by atoms with van der Waals surface area (Å²) in [5.74, 6) is -2.55. The Labute approximate surface area is 64.3 Å². The number of nitrogens with one attached hydrogen (secondary N) is 1. The van der Waals surface area contributed by atoms with E-state index >= 15 is 0 Å². The Kier molecular flexibility index (Phi) is 2.11. The molecule has 0 aromatic rings. The topological polar surface area (TPSA) is 49.9 Å². The maximum absolute atomic E-state index is 12.5. The molecule has 0 unspecified atom stereocenters. The Morgan fingerprint density at radius 2 is 1.82 bits per heavy atom. The van der Waals surface area contributed by atoms with Crippen LogP contribution >= 0.6 is 0 Å². The van der Waals surface area contributed by atoms with Gasteiger partial charge in [0.2, 0.25) is 5.92 Å². The number of hydrogen-bond donors (Lipinski definition) is 2. The predicted octanol–water partition coefficient (Wildman–Crippen LogP) is 1.75. The standard InChI is InChI=1S/C7H12F2N2/c8-7(9)3-1-5(2-4-7)6(10)11/h5H,1-4H2,(H3,10,11). The molecule has 1 fully saturated rings. The summed E-state index contributed by atoms with van der Waals surface area (Å²) in [7, 11) is 0. The Morgan fingerprint density at radius 1 is 1.36 bits per heavy atom. The average Bonchev–Trinajstić information content (AvgIpc) is 1.86. The molecule has 11 heavy (non-hydrogen) atoms. The third-order valence-electron chi connectivity index (χ3n) is 2.16. The minimum absolute atomic E-state index is 0.0560. The van der Waals surface area contributed by atoms with Crippen molar-refractivity contribution in [3.8, 4) is 0 Å². The van der Waals surface area contributed by atoms with Gasteiger partial charge in [-0.1, -0.05) is 0 Å². The number of halogens is 2. The van der Waals surface area contributed by atoms with Crippen LogP contribution in [0.2, 0.25) is 0 Å². The second kappa shape index (κ2) is 2.75. The van der Waals surface area contributed by atoms with E-state index in [1.54, 1.807) is 0 Å². The molecule has 0 spiro atoms. The van der Waals surface area contributed by atoms with Gasteiger partial charge in [0.05, 0.1) is 5.84 Å². The third kappa shape index (κ3) is 2.13. The lowest BCUT2D eigenvalue weighted by molar-refractivity contribution is -0.0395. The van der Waals surface area contributed by atoms with E-state index in [4.69, 9.17) is 11.1 Å². The summed E-state index contributed by atoms with van der Waals surface area (Å²) in [4.78, 5) is 0. The first-order valence-corrected chi connectivity index (χ1v) is 3.73. The lowest BCUT2D eigenvalue weighted by atomic mass is 9.86. The summed E-state index contributed by atoms with van der Waals surface area (Å²) in [6.07, 6.45) is 0.499. The second-order valence-electron chi connectivity index (χ2n) is 3.09. The zero-order valence-electron chi connectivity index (χ0n) is 6.24. The van der Waals surface area contributed by atoms with Gasteiger partial charge in [-0.2, -0.15) is 0 Å². The fourth-order valence-corrected chi connectivity index (χ4v) is 1.35. The Morgan fingerprint density at radius 3 is 2.18 bits per heavy atom. The van der Waals surface area contributed by atoms with Crippen molar-refractivity contribution >= 4 is 5.84 Å². The first-order valence-electron chi connectivity index (χ1n) is 3.73. The molecule has 0 heterocycles. The van der Waals surface area contributed by atoms with Gasteiger partial charge in [-0.25, -0.2) is 8.78 Å². The van der Waals surface area contributed by atoms with Crippen LogP contribution in [-0.2, 0) is 0 Å². The lowest BCUT2D eigenvalue weighted by Crippen LogP contribution is -2.31. The fraction of sp³-hybridized carbons (Fsp3) is 0.857. The fourth-order valence-electron chi connectivity index (χ4n) is 1.35. The van der Waals surface area contributed by atoms with Crippen LogP contribution < -0.4 is 5.73 Å². The van der Waals surface area contributed by atoms with E-state index in [1.165, 1.54) is 0 Å². The van der Waals surface area contributed by atoms with Crippen LogP contribution in [0, 0.1) is 11.3 Å². The normalized spacial score (nSPS) is 24.9. The summed E-state index contributed by atoms with van der Waals surface area (Å²) < 4.78 is 25.1. The average molecular weight is 162 g/mol. The molecule has 1 aliphatic carbocycles. The molecule has 64 valence electrons. The van der Waals surface area contributed by atoms with Crippen molar-refractivity contribution in [3.05, 3.63) is 0 Å². The molecule has 1 saturated carbocycles. The zero-order valence-corrected chi connectivity index (χ0v) is 6.24. The van der Waals surface area contributed by atoms with E-state index in [0.29, 0.717) is 12.8 Å². The summed E-state index contributed by atoms with van der Waals surface area (Å²) in [5.41, 5.74) is 5.19. The maximum atomic E-state index is 12.5. The van der Waals surface area contributed by atoms with Gasteiger partial charge >= 0.3 is 0 Å². The largest absolute Gasteiger partial charge is 0.387 e. The molecule has 2 nitrogen and oxygen atoms in total. The first kappa shape index (κ1) is 8.43. The molecule has 0 aliphatic heterocycles. The Hall–Kier alpha value is -0.670. The van der Waals surface area contributed by atoms with Crippen molar-refractivity contribution in [1.82, 2.24) is 0 Å². The number of hydrogen-bond acceptors (Lipinski definition) is 1. The quantitative estimate of drug-likeness (QED) is 0.448. The maximum Gasteiger partial charge on any atom is 0.248 e. The number of rotatable bonds is 1. The lowest BCUT2D eigenvalue weighted by Gasteiger charge is -2.27. The third-order valence-corrected chi connectivity index (χ3v) is 2.16. The predicted molar refractivity (Wildman–Crippen MR) is 38.8 cm³/mol. The van der Waals surface area contributed by atoms with Crippen molar-refractivity contribution < 1.29 is 8.78 Å². The van der Waals surface area contributed by atoms with Crippen molar-refractivity contribution in [2.75, 3.05) is 0 Å². The van der Waals surface area contributed by atoms with Gasteiger partial charge in [0.25, 0.3) is 0 Å². The molecule has 3 N–H and O–H groups in total. The molecule has 0 atom stereocenters. The molecule has 0 amide bonds. The Bertz CT molecular complexity index is 158. The first-order chi connectivity index (χ1) is 5.01. The van der Waals surface area contributed by atoms with Crippen LogP contribution in [-0.4, -0.2) is 11.8 Å². The molecule has 0 radical (unpaired) electrons. The molecule has 1 rings (SSSR count). The minimum Gasteiger partial charge on any atom is -0.387 e. The number of nitrogens with two attached hydrogens (primary N) is 1. The molecule has 4 heteroatoms. The minimum atomic E-state index is -2.51.